The Labute approximate surface area is 69.2 Å². The minimum Gasteiger partial charge on any atom is -0.299 e. The number of carbonyl (C=O) groups excluding carboxylic acids is 1. The lowest BCUT2D eigenvalue weighted by molar-refractivity contribution is -0.123. The summed E-state index contributed by atoms with van der Waals surface area (Å²) in [7, 11) is 0. The third kappa shape index (κ3) is 2.05. The topological polar surface area (TPSA) is 17.1 Å². The van der Waals surface area contributed by atoms with Crippen LogP contribution in [0.5, 0.6) is 0 Å². The summed E-state index contributed by atoms with van der Waals surface area (Å²) >= 11 is 0. The molecular weight excluding hydrogens is 136 g/mol. The van der Waals surface area contributed by atoms with Crippen LogP contribution in [-0.2, 0) is 4.79 Å². The molecule has 0 aromatic carbocycles. The molecule has 1 aliphatic rings. The van der Waals surface area contributed by atoms with Crippen LogP contribution in [0.4, 0.5) is 0 Å². The van der Waals surface area contributed by atoms with Crippen molar-refractivity contribution in [1.29, 1.82) is 0 Å². The van der Waals surface area contributed by atoms with Crippen LogP contribution in [0.3, 0.4) is 0 Å². The second-order valence-electron chi connectivity index (χ2n) is 3.65. The molecule has 11 heavy (non-hydrogen) atoms. The van der Waals surface area contributed by atoms with Gasteiger partial charge in [-0.15, -0.1) is 0 Å². The average molecular weight is 154 g/mol. The number of Topliss-reactive ketones (excluding diaryl/α,β-unsaturated/α-hetero) is 1. The number of carbonyl (C=O) groups is 1. The van der Waals surface area contributed by atoms with Crippen LogP contribution in [-0.4, -0.2) is 5.78 Å². The maximum Gasteiger partial charge on any atom is 0.135 e. The summed E-state index contributed by atoms with van der Waals surface area (Å²) < 4.78 is 0. The van der Waals surface area contributed by atoms with E-state index in [1.807, 2.05) is 6.92 Å². The Balaban J connectivity index is 2.39. The van der Waals surface area contributed by atoms with Crippen LogP contribution >= 0.6 is 0 Å². The molecule has 1 aliphatic carbocycles. The zero-order valence-corrected chi connectivity index (χ0v) is 7.60. The minimum atomic E-state index is 0.336. The number of hydrogen-bond donors (Lipinski definition) is 0. The van der Waals surface area contributed by atoms with Crippen LogP contribution in [0, 0.1) is 11.8 Å². The predicted octanol–water partition coefficient (Wildman–Crippen LogP) is 2.79. The molecule has 0 unspecified atom stereocenters. The standard InChI is InChI=1S/C10H18O/c1-3-10(11)8(2)9-6-4-5-7-9/h8-9H,3-7H2,1-2H3/t8-/m0/s1. The van der Waals surface area contributed by atoms with Crippen molar-refractivity contribution in [2.75, 3.05) is 0 Å². The first-order chi connectivity index (χ1) is 5.25. The van der Waals surface area contributed by atoms with Crippen LogP contribution in [0.2, 0.25) is 0 Å². The van der Waals surface area contributed by atoms with Crippen molar-refractivity contribution in [3.05, 3.63) is 0 Å². The molecule has 1 nitrogen and oxygen atoms in total. The normalized spacial score (nSPS) is 22.0. The molecule has 0 N–H and O–H groups in total. The van der Waals surface area contributed by atoms with Crippen LogP contribution < -0.4 is 0 Å². The molecule has 0 radical (unpaired) electrons. The Morgan fingerprint density at radius 2 is 2.00 bits per heavy atom. The molecule has 1 fully saturated rings. The van der Waals surface area contributed by atoms with Gasteiger partial charge >= 0.3 is 0 Å². The fourth-order valence-corrected chi connectivity index (χ4v) is 2.04. The van der Waals surface area contributed by atoms with E-state index in [-0.39, 0.29) is 0 Å². The van der Waals surface area contributed by atoms with Gasteiger partial charge in [-0.1, -0.05) is 26.7 Å². The Bertz CT molecular complexity index is 134. The lowest BCUT2D eigenvalue weighted by atomic mass is 9.88. The summed E-state index contributed by atoms with van der Waals surface area (Å²) in [5, 5.41) is 0. The van der Waals surface area contributed by atoms with Crippen LogP contribution in [0.1, 0.15) is 46.0 Å². The maximum absolute atomic E-state index is 11.3. The van der Waals surface area contributed by atoms with Gasteiger partial charge in [0.05, 0.1) is 0 Å². The molecule has 0 amide bonds. The van der Waals surface area contributed by atoms with Crippen LogP contribution in [0.15, 0.2) is 0 Å². The summed E-state index contributed by atoms with van der Waals surface area (Å²) in [5.74, 6) is 1.50. The van der Waals surface area contributed by atoms with Crippen molar-refractivity contribution in [3.8, 4) is 0 Å². The predicted molar refractivity (Wildman–Crippen MR) is 46.4 cm³/mol. The van der Waals surface area contributed by atoms with Gasteiger partial charge in [-0.25, -0.2) is 0 Å². The van der Waals surface area contributed by atoms with Crippen molar-refractivity contribution in [2.24, 2.45) is 11.8 Å². The second-order valence-corrected chi connectivity index (χ2v) is 3.65. The summed E-state index contributed by atoms with van der Waals surface area (Å²) in [4.78, 5) is 11.3. The fraction of sp³-hybridized carbons (Fsp3) is 0.900. The van der Waals surface area contributed by atoms with Gasteiger partial charge in [0.15, 0.2) is 0 Å². The highest BCUT2D eigenvalue weighted by atomic mass is 16.1. The monoisotopic (exact) mass is 154 g/mol. The van der Waals surface area contributed by atoms with E-state index in [2.05, 4.69) is 6.92 Å². The lowest BCUT2D eigenvalue weighted by Gasteiger charge is -2.15. The highest BCUT2D eigenvalue weighted by molar-refractivity contribution is 5.80. The van der Waals surface area contributed by atoms with Crippen molar-refractivity contribution in [3.63, 3.8) is 0 Å². The summed E-state index contributed by atoms with van der Waals surface area (Å²) in [6, 6.07) is 0. The molecule has 0 heterocycles. The molecule has 0 aliphatic heterocycles. The van der Waals surface area contributed by atoms with Gasteiger partial charge in [0, 0.05) is 12.3 Å². The Morgan fingerprint density at radius 1 is 1.45 bits per heavy atom. The summed E-state index contributed by atoms with van der Waals surface area (Å²) in [6.45, 7) is 4.07. The number of hydrogen-bond acceptors (Lipinski definition) is 1. The van der Waals surface area contributed by atoms with Gasteiger partial charge in [-0.3, -0.25) is 4.79 Å². The highest BCUT2D eigenvalue weighted by Gasteiger charge is 2.25. The smallest absolute Gasteiger partial charge is 0.135 e. The maximum atomic E-state index is 11.3. The van der Waals surface area contributed by atoms with E-state index in [9.17, 15) is 4.79 Å². The van der Waals surface area contributed by atoms with E-state index in [0.717, 1.165) is 6.42 Å². The molecular formula is C10H18O. The zero-order chi connectivity index (χ0) is 8.27. The summed E-state index contributed by atoms with van der Waals surface area (Å²) in [6.07, 6.45) is 5.97. The van der Waals surface area contributed by atoms with Gasteiger partial charge in [-0.05, 0) is 18.8 Å². The molecule has 1 atom stereocenters. The quantitative estimate of drug-likeness (QED) is 0.611. The fourth-order valence-electron chi connectivity index (χ4n) is 2.04. The van der Waals surface area contributed by atoms with Gasteiger partial charge in [0.25, 0.3) is 0 Å². The van der Waals surface area contributed by atoms with Gasteiger partial charge < -0.3 is 0 Å². The molecule has 0 aromatic rings. The van der Waals surface area contributed by atoms with E-state index in [0.29, 0.717) is 17.6 Å². The molecule has 1 saturated carbocycles. The SMILES string of the molecule is CCC(=O)[C@@H](C)C1CCCC1. The van der Waals surface area contributed by atoms with E-state index in [4.69, 9.17) is 0 Å². The molecule has 1 heteroatoms. The van der Waals surface area contributed by atoms with E-state index in [1.54, 1.807) is 0 Å². The molecule has 0 saturated heterocycles. The van der Waals surface area contributed by atoms with Crippen molar-refractivity contribution < 1.29 is 4.79 Å². The molecule has 0 spiro atoms. The first-order valence-corrected chi connectivity index (χ1v) is 4.78. The van der Waals surface area contributed by atoms with Gasteiger partial charge in [0.1, 0.15) is 5.78 Å². The highest BCUT2D eigenvalue weighted by Crippen LogP contribution is 2.31. The first kappa shape index (κ1) is 8.76. The lowest BCUT2D eigenvalue weighted by Crippen LogP contribution is -2.17. The Hall–Kier alpha value is -0.330. The second kappa shape index (κ2) is 3.89. The van der Waals surface area contributed by atoms with E-state index in [1.165, 1.54) is 25.7 Å². The minimum absolute atomic E-state index is 0.336. The Morgan fingerprint density at radius 3 is 2.45 bits per heavy atom. The van der Waals surface area contributed by atoms with E-state index < -0.39 is 0 Å². The van der Waals surface area contributed by atoms with Crippen molar-refractivity contribution >= 4 is 5.78 Å². The summed E-state index contributed by atoms with van der Waals surface area (Å²) in [5.41, 5.74) is 0. The van der Waals surface area contributed by atoms with Crippen molar-refractivity contribution in [2.45, 2.75) is 46.0 Å². The third-order valence-corrected chi connectivity index (χ3v) is 2.96. The third-order valence-electron chi connectivity index (χ3n) is 2.96. The van der Waals surface area contributed by atoms with Gasteiger partial charge in [-0.2, -0.15) is 0 Å². The molecule has 64 valence electrons. The number of ketones is 1. The molecule has 1 rings (SSSR count). The molecule has 0 aromatic heterocycles. The van der Waals surface area contributed by atoms with E-state index >= 15 is 0 Å². The van der Waals surface area contributed by atoms with Crippen molar-refractivity contribution in [1.82, 2.24) is 0 Å². The zero-order valence-electron chi connectivity index (χ0n) is 7.60. The van der Waals surface area contributed by atoms with Crippen LogP contribution in [0.25, 0.3) is 0 Å². The van der Waals surface area contributed by atoms with Gasteiger partial charge in [0.2, 0.25) is 0 Å². The number of rotatable bonds is 3. The largest absolute Gasteiger partial charge is 0.299 e. The molecule has 0 bridgehead atoms. The average Bonchev–Trinajstić information content (AvgIpc) is 2.53. The Kier molecular flexibility index (Phi) is 3.10. The first-order valence-electron chi connectivity index (χ1n) is 4.78.